The van der Waals surface area contributed by atoms with Crippen LogP contribution in [0.3, 0.4) is 0 Å². The number of carboxylic acids is 1. The number of hydrogen-bond donors (Lipinski definition) is 3. The van der Waals surface area contributed by atoms with Gasteiger partial charge in [0.2, 0.25) is 5.91 Å². The van der Waals surface area contributed by atoms with Crippen LogP contribution in [0.4, 0.5) is 0 Å². The number of nitrogens with one attached hydrogen (secondary N) is 1. The lowest BCUT2D eigenvalue weighted by Crippen LogP contribution is -2.47. The smallest absolute Gasteiger partial charge is 0.328 e. The Kier molecular flexibility index (Phi) is 6.56. The van der Waals surface area contributed by atoms with Crippen molar-refractivity contribution in [3.8, 4) is 0 Å². The number of aliphatic carboxylic acids is 1. The van der Waals surface area contributed by atoms with Crippen LogP contribution in [0.25, 0.3) is 0 Å². The van der Waals surface area contributed by atoms with E-state index in [9.17, 15) is 19.7 Å². The van der Waals surface area contributed by atoms with Gasteiger partial charge < -0.3 is 20.4 Å². The van der Waals surface area contributed by atoms with Gasteiger partial charge in [-0.2, -0.15) is 0 Å². The monoisotopic (exact) mass is 250 g/mol. The summed E-state index contributed by atoms with van der Waals surface area (Å²) in [5, 5.41) is 28.6. The number of aliphatic hydroxyl groups is 1. The molecule has 0 aliphatic rings. The molecule has 0 heterocycles. The van der Waals surface area contributed by atoms with Crippen molar-refractivity contribution in [2.24, 2.45) is 0 Å². The molecule has 98 valence electrons. The lowest BCUT2D eigenvalue weighted by molar-refractivity contribution is -0.757. The van der Waals surface area contributed by atoms with E-state index in [-0.39, 0.29) is 19.4 Å². The van der Waals surface area contributed by atoms with Crippen LogP contribution in [0, 0.1) is 10.1 Å². The molecule has 9 heteroatoms. The maximum Gasteiger partial charge on any atom is 0.328 e. The van der Waals surface area contributed by atoms with Gasteiger partial charge in [-0.15, -0.1) is 10.1 Å². The van der Waals surface area contributed by atoms with E-state index in [2.05, 4.69) is 10.2 Å². The molecule has 0 rings (SSSR count). The van der Waals surface area contributed by atoms with Crippen molar-refractivity contribution in [3.63, 3.8) is 0 Å². The second-order valence-electron chi connectivity index (χ2n) is 3.28. The molecule has 0 aliphatic carbocycles. The van der Waals surface area contributed by atoms with Crippen molar-refractivity contribution in [1.29, 1.82) is 0 Å². The number of rotatable bonds is 8. The predicted octanol–water partition coefficient (Wildman–Crippen LogP) is -1.07. The molecule has 3 N–H and O–H groups in total. The van der Waals surface area contributed by atoms with E-state index in [1.807, 2.05) is 0 Å². The first-order chi connectivity index (χ1) is 7.84. The highest BCUT2D eigenvalue weighted by molar-refractivity contribution is 5.83. The SMILES string of the molecule is CC(O)C(NC(=O)CCCO[N+](=O)[O-])C(=O)O. The Morgan fingerprint density at radius 3 is 2.53 bits per heavy atom. The van der Waals surface area contributed by atoms with Gasteiger partial charge in [-0.3, -0.25) is 4.79 Å². The number of aliphatic hydroxyl groups excluding tert-OH is 1. The normalized spacial score (nSPS) is 13.5. The zero-order chi connectivity index (χ0) is 13.4. The number of nitrogens with zero attached hydrogens (tertiary/aromatic N) is 1. The fraction of sp³-hybridized carbons (Fsp3) is 0.750. The van der Waals surface area contributed by atoms with Gasteiger partial charge in [0.25, 0.3) is 5.09 Å². The Balaban J connectivity index is 3.91. The number of carbonyl (C=O) groups is 2. The minimum atomic E-state index is -1.39. The summed E-state index contributed by atoms with van der Waals surface area (Å²) in [5.41, 5.74) is 0. The number of carbonyl (C=O) groups excluding carboxylic acids is 1. The van der Waals surface area contributed by atoms with Crippen molar-refractivity contribution in [1.82, 2.24) is 5.32 Å². The molecule has 0 saturated heterocycles. The second kappa shape index (κ2) is 7.39. The first kappa shape index (κ1) is 15.1. The molecule has 0 saturated carbocycles. The molecular weight excluding hydrogens is 236 g/mol. The van der Waals surface area contributed by atoms with Gasteiger partial charge in [0.05, 0.1) is 12.7 Å². The molecule has 0 spiro atoms. The lowest BCUT2D eigenvalue weighted by atomic mass is 10.1. The summed E-state index contributed by atoms with van der Waals surface area (Å²) in [6.07, 6.45) is -1.27. The third-order valence-electron chi connectivity index (χ3n) is 1.81. The summed E-state index contributed by atoms with van der Waals surface area (Å²) in [6, 6.07) is -1.39. The molecule has 0 bridgehead atoms. The molecule has 0 aromatic carbocycles. The lowest BCUT2D eigenvalue weighted by Gasteiger charge is -2.16. The van der Waals surface area contributed by atoms with E-state index in [0.29, 0.717) is 0 Å². The molecule has 2 atom stereocenters. The Labute approximate surface area is 96.5 Å². The van der Waals surface area contributed by atoms with E-state index in [1.165, 1.54) is 6.92 Å². The van der Waals surface area contributed by atoms with Gasteiger partial charge in [0, 0.05) is 6.42 Å². The van der Waals surface area contributed by atoms with Gasteiger partial charge in [-0.05, 0) is 13.3 Å². The summed E-state index contributed by atoms with van der Waals surface area (Å²) in [6.45, 7) is 0.988. The minimum absolute atomic E-state index is 0.0823. The molecule has 2 unspecified atom stereocenters. The molecule has 9 nitrogen and oxygen atoms in total. The molecule has 0 aliphatic heterocycles. The maximum atomic E-state index is 11.2. The van der Waals surface area contributed by atoms with Crippen molar-refractivity contribution in [2.45, 2.75) is 31.9 Å². The van der Waals surface area contributed by atoms with Crippen LogP contribution in [0.15, 0.2) is 0 Å². The van der Waals surface area contributed by atoms with E-state index in [0.717, 1.165) is 0 Å². The van der Waals surface area contributed by atoms with Crippen molar-refractivity contribution < 1.29 is 29.7 Å². The van der Waals surface area contributed by atoms with Crippen LogP contribution in [0.5, 0.6) is 0 Å². The maximum absolute atomic E-state index is 11.2. The third-order valence-corrected chi connectivity index (χ3v) is 1.81. The Morgan fingerprint density at radius 2 is 2.12 bits per heavy atom. The van der Waals surface area contributed by atoms with E-state index in [4.69, 9.17) is 10.2 Å². The van der Waals surface area contributed by atoms with Crippen LogP contribution in [0.1, 0.15) is 19.8 Å². The van der Waals surface area contributed by atoms with Gasteiger partial charge in [-0.1, -0.05) is 0 Å². The number of amides is 1. The predicted molar refractivity (Wildman–Crippen MR) is 53.4 cm³/mol. The van der Waals surface area contributed by atoms with Gasteiger partial charge in [-0.25, -0.2) is 4.79 Å². The summed E-state index contributed by atoms with van der Waals surface area (Å²) in [4.78, 5) is 35.5. The molecular formula is C8H14N2O7. The molecule has 17 heavy (non-hydrogen) atoms. The van der Waals surface area contributed by atoms with Crippen LogP contribution in [-0.2, 0) is 14.4 Å². The largest absolute Gasteiger partial charge is 0.480 e. The second-order valence-corrected chi connectivity index (χ2v) is 3.28. The Hall–Kier alpha value is -1.90. The standard InChI is InChI=1S/C8H14N2O7/c1-5(11)7(8(13)14)9-6(12)3-2-4-17-10(15)16/h5,7,11H,2-4H2,1H3,(H,9,12)(H,13,14). The molecule has 0 aromatic heterocycles. The van der Waals surface area contributed by atoms with Crippen LogP contribution >= 0.6 is 0 Å². The quantitative estimate of drug-likeness (QED) is 0.283. The fourth-order valence-corrected chi connectivity index (χ4v) is 1.01. The average molecular weight is 250 g/mol. The summed E-state index contributed by atoms with van der Waals surface area (Å²) in [5.74, 6) is -1.97. The van der Waals surface area contributed by atoms with Crippen molar-refractivity contribution in [3.05, 3.63) is 10.1 Å². The number of carboxylic acid groups (broad SMARTS) is 1. The van der Waals surface area contributed by atoms with Gasteiger partial charge in [0.1, 0.15) is 0 Å². The summed E-state index contributed by atoms with van der Waals surface area (Å²) >= 11 is 0. The number of hydrogen-bond acceptors (Lipinski definition) is 6. The van der Waals surface area contributed by atoms with E-state index >= 15 is 0 Å². The highest BCUT2D eigenvalue weighted by atomic mass is 16.9. The third kappa shape index (κ3) is 7.06. The molecule has 0 radical (unpaired) electrons. The first-order valence-electron chi connectivity index (χ1n) is 4.82. The first-order valence-corrected chi connectivity index (χ1v) is 4.82. The average Bonchev–Trinajstić information content (AvgIpc) is 2.19. The molecule has 1 amide bonds. The Morgan fingerprint density at radius 1 is 1.53 bits per heavy atom. The van der Waals surface area contributed by atoms with E-state index in [1.54, 1.807) is 0 Å². The van der Waals surface area contributed by atoms with Crippen LogP contribution in [-0.4, -0.2) is 45.9 Å². The van der Waals surface area contributed by atoms with Crippen molar-refractivity contribution >= 4 is 11.9 Å². The Bertz CT molecular complexity index is 292. The highest BCUT2D eigenvalue weighted by Crippen LogP contribution is 1.96. The highest BCUT2D eigenvalue weighted by Gasteiger charge is 2.24. The minimum Gasteiger partial charge on any atom is -0.480 e. The van der Waals surface area contributed by atoms with Gasteiger partial charge in [0.15, 0.2) is 6.04 Å². The zero-order valence-corrected chi connectivity index (χ0v) is 9.16. The summed E-state index contributed by atoms with van der Waals surface area (Å²) in [7, 11) is 0. The fourth-order valence-electron chi connectivity index (χ4n) is 1.01. The topological polar surface area (TPSA) is 139 Å². The van der Waals surface area contributed by atoms with Crippen LogP contribution < -0.4 is 5.32 Å². The summed E-state index contributed by atoms with van der Waals surface area (Å²) < 4.78 is 0. The van der Waals surface area contributed by atoms with Gasteiger partial charge >= 0.3 is 5.97 Å². The molecule has 0 fully saturated rings. The van der Waals surface area contributed by atoms with Crippen LogP contribution in [0.2, 0.25) is 0 Å². The van der Waals surface area contributed by atoms with Crippen molar-refractivity contribution in [2.75, 3.05) is 6.61 Å². The molecule has 0 aromatic rings. The zero-order valence-electron chi connectivity index (χ0n) is 9.16. The van der Waals surface area contributed by atoms with E-state index < -0.39 is 29.1 Å².